The molecule has 3 heterocycles. The molecule has 1 aromatic carbocycles. The molecule has 1 atom stereocenters. The number of hydrogen-bond donors (Lipinski definition) is 1. The van der Waals surface area contributed by atoms with E-state index in [9.17, 15) is 13.6 Å². The fourth-order valence-electron chi connectivity index (χ4n) is 2.88. The molecule has 0 aliphatic carbocycles. The summed E-state index contributed by atoms with van der Waals surface area (Å²) in [6.45, 7) is 1.86. The topological polar surface area (TPSA) is 46.9 Å². The zero-order valence-corrected chi connectivity index (χ0v) is 14.1. The second-order valence-electron chi connectivity index (χ2n) is 5.46. The Morgan fingerprint density at radius 2 is 1.96 bits per heavy atom. The average Bonchev–Trinajstić information content (AvgIpc) is 2.98. The van der Waals surface area contributed by atoms with Gasteiger partial charge in [0.1, 0.15) is 0 Å². The molecule has 1 aliphatic heterocycles. The van der Waals surface area contributed by atoms with E-state index >= 15 is 0 Å². The van der Waals surface area contributed by atoms with Crippen molar-refractivity contribution in [1.29, 1.82) is 0 Å². The molecule has 4 rings (SSSR count). The number of nitrogens with zero attached hydrogens (tertiary/aromatic N) is 2. The van der Waals surface area contributed by atoms with E-state index in [4.69, 9.17) is 0 Å². The van der Waals surface area contributed by atoms with Crippen molar-refractivity contribution in [3.05, 3.63) is 53.4 Å². The van der Waals surface area contributed by atoms with Crippen molar-refractivity contribution in [3.63, 3.8) is 0 Å². The molecule has 0 radical (unpaired) electrons. The summed E-state index contributed by atoms with van der Waals surface area (Å²) >= 11 is 2.01. The molecule has 0 bridgehead atoms. The van der Waals surface area contributed by atoms with Crippen LogP contribution in [0.3, 0.4) is 0 Å². The number of halogens is 3. The second kappa shape index (κ2) is 4.98. The van der Waals surface area contributed by atoms with E-state index in [2.05, 4.69) is 10.3 Å². The molecule has 1 unspecified atom stereocenters. The first-order chi connectivity index (χ1) is 11.0. The first-order valence-corrected chi connectivity index (χ1v) is 7.90. The van der Waals surface area contributed by atoms with Crippen LogP contribution in [-0.2, 0) is 0 Å². The van der Waals surface area contributed by atoms with Gasteiger partial charge in [-0.1, -0.05) is 0 Å². The number of hydrogen-bond acceptors (Lipinski definition) is 2. The van der Waals surface area contributed by atoms with E-state index in [0.29, 0.717) is 33.4 Å². The SMILES string of the molecule is CC1NC(=O)c2ccc(-c3cn(I)c4cc(F)c(F)cc34)nc21. The molecule has 3 aromatic rings. The monoisotopic (exact) mass is 425 g/mol. The highest BCUT2D eigenvalue weighted by atomic mass is 127. The highest BCUT2D eigenvalue weighted by Gasteiger charge is 2.27. The van der Waals surface area contributed by atoms with Gasteiger partial charge in [-0.25, -0.2) is 13.8 Å². The third kappa shape index (κ3) is 2.13. The van der Waals surface area contributed by atoms with Crippen molar-refractivity contribution >= 4 is 39.7 Å². The van der Waals surface area contributed by atoms with Crippen molar-refractivity contribution in [2.75, 3.05) is 0 Å². The number of benzene rings is 1. The molecule has 23 heavy (non-hydrogen) atoms. The molecule has 1 amide bonds. The zero-order valence-electron chi connectivity index (χ0n) is 11.9. The molecule has 4 nitrogen and oxygen atoms in total. The van der Waals surface area contributed by atoms with Crippen LogP contribution in [0.1, 0.15) is 29.0 Å². The Hall–Kier alpha value is -2.03. The third-order valence-electron chi connectivity index (χ3n) is 4.00. The van der Waals surface area contributed by atoms with E-state index < -0.39 is 11.6 Å². The smallest absolute Gasteiger partial charge is 0.253 e. The van der Waals surface area contributed by atoms with Gasteiger partial charge >= 0.3 is 0 Å². The Labute approximate surface area is 144 Å². The summed E-state index contributed by atoms with van der Waals surface area (Å²) in [5.41, 5.74) is 3.12. The molecule has 0 saturated carbocycles. The van der Waals surface area contributed by atoms with E-state index in [1.807, 2.05) is 29.8 Å². The molecule has 2 aromatic heterocycles. The summed E-state index contributed by atoms with van der Waals surface area (Å²) in [5, 5.41) is 3.38. The fraction of sp³-hybridized carbons (Fsp3) is 0.125. The number of aromatic nitrogens is 2. The Kier molecular flexibility index (Phi) is 3.15. The summed E-state index contributed by atoms with van der Waals surface area (Å²) < 4.78 is 28.8. The average molecular weight is 425 g/mol. The van der Waals surface area contributed by atoms with Crippen LogP contribution in [0.25, 0.3) is 22.2 Å². The van der Waals surface area contributed by atoms with Gasteiger partial charge in [-0.05, 0) is 25.1 Å². The minimum absolute atomic E-state index is 0.143. The van der Waals surface area contributed by atoms with E-state index in [1.54, 1.807) is 21.1 Å². The lowest BCUT2D eigenvalue weighted by atomic mass is 10.1. The molecule has 116 valence electrons. The van der Waals surface area contributed by atoms with Crippen molar-refractivity contribution in [2.24, 2.45) is 0 Å². The lowest BCUT2D eigenvalue weighted by molar-refractivity contribution is 0.0958. The predicted octanol–water partition coefficient (Wildman–Crippen LogP) is 3.98. The number of carbonyl (C=O) groups is 1. The summed E-state index contributed by atoms with van der Waals surface area (Å²) in [4.78, 5) is 16.3. The predicted molar refractivity (Wildman–Crippen MR) is 90.4 cm³/mol. The maximum absolute atomic E-state index is 13.6. The highest BCUT2D eigenvalue weighted by Crippen LogP contribution is 2.34. The van der Waals surface area contributed by atoms with Gasteiger partial charge in [0.05, 0.1) is 51.4 Å². The molecule has 1 aliphatic rings. The van der Waals surface area contributed by atoms with Gasteiger partial charge in [-0.15, -0.1) is 0 Å². The molecule has 0 fully saturated rings. The number of fused-ring (bicyclic) bond motifs is 2. The van der Waals surface area contributed by atoms with Gasteiger partial charge in [0.15, 0.2) is 11.6 Å². The molecule has 1 N–H and O–H groups in total. The summed E-state index contributed by atoms with van der Waals surface area (Å²) in [6, 6.07) is 5.62. The number of pyridine rings is 1. The first-order valence-electron chi connectivity index (χ1n) is 6.94. The van der Waals surface area contributed by atoms with Gasteiger partial charge in [-0.2, -0.15) is 0 Å². The van der Waals surface area contributed by atoms with Crippen LogP contribution in [0.4, 0.5) is 8.78 Å². The lowest BCUT2D eigenvalue weighted by Gasteiger charge is -2.05. The van der Waals surface area contributed by atoms with Crippen LogP contribution in [-0.4, -0.2) is 13.7 Å². The normalized spacial score (nSPS) is 16.7. The fourth-order valence-corrected chi connectivity index (χ4v) is 3.55. The number of amides is 1. The van der Waals surface area contributed by atoms with Crippen LogP contribution >= 0.6 is 22.9 Å². The van der Waals surface area contributed by atoms with Crippen LogP contribution in [0.2, 0.25) is 0 Å². The van der Waals surface area contributed by atoms with Crippen LogP contribution in [0.5, 0.6) is 0 Å². The Bertz CT molecular complexity index is 983. The van der Waals surface area contributed by atoms with Gasteiger partial charge < -0.3 is 5.32 Å². The molecular weight excluding hydrogens is 415 g/mol. The van der Waals surface area contributed by atoms with Crippen LogP contribution in [0.15, 0.2) is 30.5 Å². The molecule has 0 saturated heterocycles. The summed E-state index contributed by atoms with van der Waals surface area (Å²) in [6.07, 6.45) is 1.77. The maximum Gasteiger partial charge on any atom is 0.253 e. The maximum atomic E-state index is 13.6. The molecular formula is C16H10F2IN3O. The summed E-state index contributed by atoms with van der Waals surface area (Å²) in [5.74, 6) is -1.92. The standard InChI is InChI=1S/C16H10F2IN3O/c1-7-15-8(16(23)20-7)2-3-13(21-15)10-6-22(19)14-5-12(18)11(17)4-9(10)14/h2-7H,1H3,(H,20,23). The van der Waals surface area contributed by atoms with Crippen LogP contribution in [0, 0.1) is 11.6 Å². The highest BCUT2D eigenvalue weighted by molar-refractivity contribution is 14.1. The zero-order chi connectivity index (χ0) is 16.3. The Morgan fingerprint density at radius 3 is 2.74 bits per heavy atom. The molecule has 7 heteroatoms. The summed E-state index contributed by atoms with van der Waals surface area (Å²) in [7, 11) is 0. The minimum atomic E-state index is -0.896. The van der Waals surface area contributed by atoms with E-state index in [1.165, 1.54) is 12.1 Å². The quantitative estimate of drug-likeness (QED) is 0.600. The largest absolute Gasteiger partial charge is 0.344 e. The number of carbonyl (C=O) groups excluding carboxylic acids is 1. The van der Waals surface area contributed by atoms with Crippen molar-refractivity contribution < 1.29 is 13.6 Å². The number of nitrogens with one attached hydrogen (secondary N) is 1. The van der Waals surface area contributed by atoms with Gasteiger partial charge in [-0.3, -0.25) is 7.58 Å². The number of rotatable bonds is 1. The van der Waals surface area contributed by atoms with Gasteiger partial charge in [0.25, 0.3) is 5.91 Å². The second-order valence-corrected chi connectivity index (χ2v) is 6.50. The Morgan fingerprint density at radius 1 is 1.22 bits per heavy atom. The first kappa shape index (κ1) is 14.6. The van der Waals surface area contributed by atoms with E-state index in [-0.39, 0.29) is 11.9 Å². The van der Waals surface area contributed by atoms with Crippen LogP contribution < -0.4 is 5.32 Å². The van der Waals surface area contributed by atoms with Crippen molar-refractivity contribution in [2.45, 2.75) is 13.0 Å². The third-order valence-corrected chi connectivity index (χ3v) is 4.80. The lowest BCUT2D eigenvalue weighted by Crippen LogP contribution is -2.16. The van der Waals surface area contributed by atoms with Crippen molar-refractivity contribution in [1.82, 2.24) is 13.1 Å². The molecule has 0 spiro atoms. The van der Waals surface area contributed by atoms with Gasteiger partial charge in [0, 0.05) is 23.2 Å². The minimum Gasteiger partial charge on any atom is -0.344 e. The van der Waals surface area contributed by atoms with E-state index in [0.717, 1.165) is 0 Å². The Balaban J connectivity index is 1.95. The van der Waals surface area contributed by atoms with Crippen molar-refractivity contribution in [3.8, 4) is 11.3 Å². The van der Waals surface area contributed by atoms with Gasteiger partial charge in [0.2, 0.25) is 0 Å².